The highest BCUT2D eigenvalue weighted by atomic mass is 16.5. The summed E-state index contributed by atoms with van der Waals surface area (Å²) in [6, 6.07) is 11.0. The van der Waals surface area contributed by atoms with E-state index in [2.05, 4.69) is 4.98 Å². The highest BCUT2D eigenvalue weighted by molar-refractivity contribution is 5.88. The third-order valence-electron chi connectivity index (χ3n) is 3.35. The molecule has 0 spiro atoms. The summed E-state index contributed by atoms with van der Waals surface area (Å²) in [4.78, 5) is 15.3. The molecule has 3 rings (SSSR count). The number of carboxylic acid groups (broad SMARTS) is 1. The van der Waals surface area contributed by atoms with E-state index in [1.54, 1.807) is 31.6 Å². The van der Waals surface area contributed by atoms with Crippen LogP contribution in [-0.2, 0) is 6.42 Å². The Labute approximate surface area is 121 Å². The van der Waals surface area contributed by atoms with Gasteiger partial charge in [0.25, 0.3) is 0 Å². The van der Waals surface area contributed by atoms with Crippen LogP contribution in [0.4, 0.5) is 0 Å². The van der Waals surface area contributed by atoms with Gasteiger partial charge in [0.15, 0.2) is 0 Å². The number of imidazole rings is 1. The Morgan fingerprint density at radius 2 is 2.19 bits per heavy atom. The molecule has 0 aliphatic carbocycles. The largest absolute Gasteiger partial charge is 0.497 e. The third kappa shape index (κ3) is 2.58. The van der Waals surface area contributed by atoms with E-state index in [1.807, 2.05) is 28.7 Å². The maximum atomic E-state index is 11.0. The first-order chi connectivity index (χ1) is 10.2. The number of carbonyl (C=O) groups is 1. The summed E-state index contributed by atoms with van der Waals surface area (Å²) in [6.07, 6.45) is 4.07. The van der Waals surface area contributed by atoms with Crippen LogP contribution >= 0.6 is 0 Å². The standard InChI is InChI=1S/C16H14N2O3/c1-21-14-4-2-3-11(7-14)8-15-17-10-13-9-12(16(19)20)5-6-18(13)15/h2-7,9-10H,8H2,1H3,(H,19,20). The number of ether oxygens (including phenoxy) is 1. The minimum Gasteiger partial charge on any atom is -0.497 e. The smallest absolute Gasteiger partial charge is 0.335 e. The predicted molar refractivity (Wildman–Crippen MR) is 78.0 cm³/mol. The van der Waals surface area contributed by atoms with Gasteiger partial charge in [-0.25, -0.2) is 9.78 Å². The molecule has 0 aliphatic rings. The van der Waals surface area contributed by atoms with Gasteiger partial charge >= 0.3 is 5.97 Å². The molecule has 1 N–H and O–H groups in total. The third-order valence-corrected chi connectivity index (χ3v) is 3.35. The van der Waals surface area contributed by atoms with Gasteiger partial charge in [0, 0.05) is 12.6 Å². The van der Waals surface area contributed by atoms with Crippen molar-refractivity contribution in [3.8, 4) is 5.75 Å². The molecule has 0 amide bonds. The van der Waals surface area contributed by atoms with Crippen LogP contribution < -0.4 is 4.74 Å². The number of rotatable bonds is 4. The zero-order valence-corrected chi connectivity index (χ0v) is 11.5. The molecule has 3 aromatic rings. The summed E-state index contributed by atoms with van der Waals surface area (Å²) in [6.45, 7) is 0. The quantitative estimate of drug-likeness (QED) is 0.799. The SMILES string of the molecule is COc1cccc(Cc2ncc3cc(C(=O)O)ccn23)c1. The van der Waals surface area contributed by atoms with Crippen molar-refractivity contribution >= 4 is 11.5 Å². The maximum Gasteiger partial charge on any atom is 0.335 e. The number of pyridine rings is 1. The molecule has 0 saturated carbocycles. The lowest BCUT2D eigenvalue weighted by molar-refractivity contribution is 0.0697. The summed E-state index contributed by atoms with van der Waals surface area (Å²) in [5.41, 5.74) is 2.12. The summed E-state index contributed by atoms with van der Waals surface area (Å²) < 4.78 is 7.11. The van der Waals surface area contributed by atoms with Gasteiger partial charge in [0.2, 0.25) is 0 Å². The molecule has 2 heterocycles. The highest BCUT2D eigenvalue weighted by Gasteiger charge is 2.08. The zero-order valence-electron chi connectivity index (χ0n) is 11.5. The first-order valence-electron chi connectivity index (χ1n) is 6.49. The molecule has 21 heavy (non-hydrogen) atoms. The molecule has 0 saturated heterocycles. The number of benzene rings is 1. The van der Waals surface area contributed by atoms with E-state index in [0.29, 0.717) is 6.42 Å². The molecule has 2 aromatic heterocycles. The number of hydrogen-bond acceptors (Lipinski definition) is 3. The van der Waals surface area contributed by atoms with Gasteiger partial charge in [0.05, 0.1) is 24.4 Å². The maximum absolute atomic E-state index is 11.0. The lowest BCUT2D eigenvalue weighted by Gasteiger charge is -2.05. The van der Waals surface area contributed by atoms with Gasteiger partial charge in [-0.2, -0.15) is 0 Å². The number of aromatic nitrogens is 2. The van der Waals surface area contributed by atoms with Crippen LogP contribution in [0.25, 0.3) is 5.52 Å². The fourth-order valence-electron chi connectivity index (χ4n) is 2.28. The Hall–Kier alpha value is -2.82. The van der Waals surface area contributed by atoms with E-state index in [9.17, 15) is 4.79 Å². The van der Waals surface area contributed by atoms with Crippen molar-refractivity contribution in [3.63, 3.8) is 0 Å². The summed E-state index contributed by atoms with van der Waals surface area (Å²) >= 11 is 0. The Morgan fingerprint density at radius 1 is 1.33 bits per heavy atom. The van der Waals surface area contributed by atoms with E-state index in [0.717, 1.165) is 22.7 Å². The second-order valence-corrected chi connectivity index (χ2v) is 4.72. The van der Waals surface area contributed by atoms with Crippen LogP contribution in [0.3, 0.4) is 0 Å². The lowest BCUT2D eigenvalue weighted by atomic mass is 10.1. The molecule has 0 unspecified atom stereocenters. The van der Waals surface area contributed by atoms with Crippen molar-refractivity contribution in [3.05, 3.63) is 65.7 Å². The molecule has 106 valence electrons. The first-order valence-corrected chi connectivity index (χ1v) is 6.49. The molecule has 0 bridgehead atoms. The van der Waals surface area contributed by atoms with Crippen LogP contribution in [0.15, 0.2) is 48.8 Å². The van der Waals surface area contributed by atoms with Gasteiger partial charge in [-0.15, -0.1) is 0 Å². The number of fused-ring (bicyclic) bond motifs is 1. The highest BCUT2D eigenvalue weighted by Crippen LogP contribution is 2.17. The number of hydrogen-bond donors (Lipinski definition) is 1. The van der Waals surface area contributed by atoms with E-state index >= 15 is 0 Å². The van der Waals surface area contributed by atoms with E-state index in [-0.39, 0.29) is 5.56 Å². The van der Waals surface area contributed by atoms with Crippen LogP contribution in [0.5, 0.6) is 5.75 Å². The molecule has 0 aliphatic heterocycles. The van der Waals surface area contributed by atoms with Gasteiger partial charge in [-0.05, 0) is 29.8 Å². The number of carboxylic acids is 1. The Morgan fingerprint density at radius 3 is 2.95 bits per heavy atom. The first kappa shape index (κ1) is 13.2. The Bertz CT molecular complexity index is 808. The summed E-state index contributed by atoms with van der Waals surface area (Å²) in [5, 5.41) is 9.00. The predicted octanol–water partition coefficient (Wildman–Crippen LogP) is 2.63. The normalized spacial score (nSPS) is 10.7. The minimum atomic E-state index is -0.937. The van der Waals surface area contributed by atoms with Crippen molar-refractivity contribution in [2.24, 2.45) is 0 Å². The molecule has 0 fully saturated rings. The van der Waals surface area contributed by atoms with Gasteiger partial charge < -0.3 is 14.2 Å². The molecule has 5 nitrogen and oxygen atoms in total. The average Bonchev–Trinajstić information content (AvgIpc) is 2.90. The molecule has 0 atom stereocenters. The van der Waals surface area contributed by atoms with Crippen LogP contribution in [0.2, 0.25) is 0 Å². The van der Waals surface area contributed by atoms with Crippen LogP contribution in [-0.4, -0.2) is 27.6 Å². The van der Waals surface area contributed by atoms with Crippen molar-refractivity contribution in [1.82, 2.24) is 9.38 Å². The second kappa shape index (κ2) is 5.28. The number of nitrogens with zero attached hydrogens (tertiary/aromatic N) is 2. The van der Waals surface area contributed by atoms with E-state index in [1.165, 1.54) is 0 Å². The fourth-order valence-corrected chi connectivity index (χ4v) is 2.28. The molecular weight excluding hydrogens is 268 g/mol. The van der Waals surface area contributed by atoms with Crippen LogP contribution in [0, 0.1) is 0 Å². The second-order valence-electron chi connectivity index (χ2n) is 4.72. The number of methoxy groups -OCH3 is 1. The lowest BCUT2D eigenvalue weighted by Crippen LogP contribution is -2.00. The van der Waals surface area contributed by atoms with Crippen molar-refractivity contribution in [1.29, 1.82) is 0 Å². The summed E-state index contributed by atoms with van der Waals surface area (Å²) in [5.74, 6) is 0.727. The van der Waals surface area contributed by atoms with Gasteiger partial charge in [-0.1, -0.05) is 12.1 Å². The van der Waals surface area contributed by atoms with Crippen molar-refractivity contribution in [2.75, 3.05) is 7.11 Å². The van der Waals surface area contributed by atoms with Gasteiger partial charge in [0.1, 0.15) is 11.6 Å². The Kier molecular flexibility index (Phi) is 3.31. The molecule has 5 heteroatoms. The van der Waals surface area contributed by atoms with E-state index in [4.69, 9.17) is 9.84 Å². The topological polar surface area (TPSA) is 63.8 Å². The molecular formula is C16H14N2O3. The van der Waals surface area contributed by atoms with Gasteiger partial charge in [-0.3, -0.25) is 0 Å². The van der Waals surface area contributed by atoms with Crippen LogP contribution in [0.1, 0.15) is 21.7 Å². The van der Waals surface area contributed by atoms with Crippen molar-refractivity contribution in [2.45, 2.75) is 6.42 Å². The van der Waals surface area contributed by atoms with Crippen molar-refractivity contribution < 1.29 is 14.6 Å². The van der Waals surface area contributed by atoms with E-state index < -0.39 is 5.97 Å². The molecule has 1 aromatic carbocycles. The summed E-state index contributed by atoms with van der Waals surface area (Å²) in [7, 11) is 1.64. The Balaban J connectivity index is 1.95. The number of aromatic carboxylic acids is 1. The molecule has 0 radical (unpaired) electrons. The zero-order chi connectivity index (χ0) is 14.8. The fraction of sp³-hybridized carbons (Fsp3) is 0.125. The monoisotopic (exact) mass is 282 g/mol. The average molecular weight is 282 g/mol. The minimum absolute atomic E-state index is 0.260.